The Labute approximate surface area is 155 Å². The lowest BCUT2D eigenvalue weighted by Gasteiger charge is -2.19. The second-order valence-corrected chi connectivity index (χ2v) is 6.69. The van der Waals surface area contributed by atoms with E-state index in [-0.39, 0.29) is 12.5 Å². The van der Waals surface area contributed by atoms with Gasteiger partial charge in [-0.15, -0.1) is 0 Å². The van der Waals surface area contributed by atoms with Crippen LogP contribution in [0.5, 0.6) is 5.75 Å². The van der Waals surface area contributed by atoms with E-state index in [1.54, 1.807) is 29.9 Å². The van der Waals surface area contributed by atoms with Gasteiger partial charge in [-0.05, 0) is 25.1 Å². The molecule has 1 aliphatic rings. The molecule has 142 valence electrons. The maximum absolute atomic E-state index is 12.1. The van der Waals surface area contributed by atoms with E-state index in [1.807, 2.05) is 13.1 Å². The van der Waals surface area contributed by atoms with Crippen molar-refractivity contribution in [2.45, 2.75) is 25.6 Å². The van der Waals surface area contributed by atoms with Crippen LogP contribution < -0.4 is 10.5 Å². The summed E-state index contributed by atoms with van der Waals surface area (Å²) in [5, 5.41) is 15.1. The molecule has 0 spiro atoms. The smallest absolute Gasteiger partial charge is 0.252 e. The number of aliphatic hydroxyl groups is 1. The molecule has 1 aliphatic heterocycles. The molecule has 1 aromatic carbocycles. The number of ether oxygens (including phenoxy) is 2. The number of rotatable bonds is 5. The largest absolute Gasteiger partial charge is 0.487 e. The van der Waals surface area contributed by atoms with Gasteiger partial charge in [-0.2, -0.15) is 5.10 Å². The molecule has 1 saturated heterocycles. The molecule has 1 amide bonds. The van der Waals surface area contributed by atoms with Crippen LogP contribution in [-0.4, -0.2) is 40.1 Å². The highest BCUT2D eigenvalue weighted by Gasteiger charge is 2.34. The lowest BCUT2D eigenvalue weighted by molar-refractivity contribution is 0.1000. The molecular weight excluding hydrogens is 350 g/mol. The van der Waals surface area contributed by atoms with Gasteiger partial charge in [0.05, 0.1) is 30.6 Å². The molecule has 27 heavy (non-hydrogen) atoms. The van der Waals surface area contributed by atoms with Crippen molar-refractivity contribution in [2.24, 2.45) is 12.8 Å². The third-order valence-electron chi connectivity index (χ3n) is 5.00. The number of hydrogen-bond acceptors (Lipinski definition) is 6. The quantitative estimate of drug-likeness (QED) is 0.705. The number of primary amides is 1. The van der Waals surface area contributed by atoms with Gasteiger partial charge in [0.2, 0.25) is 0 Å². The molecule has 0 saturated carbocycles. The molecule has 0 aliphatic carbocycles. The highest BCUT2D eigenvalue weighted by molar-refractivity contribution is 6.08. The molecule has 8 nitrogen and oxygen atoms in total. The van der Waals surface area contributed by atoms with Crippen molar-refractivity contribution in [3.8, 4) is 5.75 Å². The zero-order chi connectivity index (χ0) is 19.1. The van der Waals surface area contributed by atoms with Gasteiger partial charge in [-0.25, -0.2) is 0 Å². The van der Waals surface area contributed by atoms with Crippen molar-refractivity contribution in [1.29, 1.82) is 0 Å². The summed E-state index contributed by atoms with van der Waals surface area (Å²) in [6.45, 7) is 2.54. The first-order valence-corrected chi connectivity index (χ1v) is 8.68. The normalized spacial score (nSPS) is 19.7. The van der Waals surface area contributed by atoms with Gasteiger partial charge in [-0.1, -0.05) is 0 Å². The van der Waals surface area contributed by atoms with Gasteiger partial charge in [0, 0.05) is 30.1 Å². The number of fused-ring (bicyclic) bond motifs is 1. The van der Waals surface area contributed by atoms with Crippen LogP contribution in [0.15, 0.2) is 28.8 Å². The summed E-state index contributed by atoms with van der Waals surface area (Å²) in [6.07, 6.45) is 0.993. The molecule has 2 aromatic heterocycles. The lowest BCUT2D eigenvalue weighted by atomic mass is 9.90. The number of aliphatic hydroxyl groups excluding tert-OH is 1. The summed E-state index contributed by atoms with van der Waals surface area (Å²) >= 11 is 0. The number of benzene rings is 1. The van der Waals surface area contributed by atoms with Crippen LogP contribution in [0.1, 0.15) is 33.3 Å². The van der Waals surface area contributed by atoms with Crippen molar-refractivity contribution in [3.63, 3.8) is 0 Å². The van der Waals surface area contributed by atoms with E-state index in [1.165, 1.54) is 0 Å². The SMILES string of the molecule is Cc1oc2ccc(OCc3ccnn3C)c([C@@H]3COC[C@@H]3O)c2c1C(N)=O. The van der Waals surface area contributed by atoms with Gasteiger partial charge < -0.3 is 24.7 Å². The Morgan fingerprint density at radius 2 is 2.22 bits per heavy atom. The van der Waals surface area contributed by atoms with Crippen molar-refractivity contribution in [3.05, 3.63) is 47.0 Å². The number of aromatic nitrogens is 2. The first-order valence-electron chi connectivity index (χ1n) is 8.68. The maximum Gasteiger partial charge on any atom is 0.252 e. The van der Waals surface area contributed by atoms with Crippen LogP contribution in [0.3, 0.4) is 0 Å². The van der Waals surface area contributed by atoms with Gasteiger partial charge >= 0.3 is 0 Å². The molecule has 3 heterocycles. The van der Waals surface area contributed by atoms with Crippen molar-refractivity contribution >= 4 is 16.9 Å². The highest BCUT2D eigenvalue weighted by atomic mass is 16.5. The summed E-state index contributed by atoms with van der Waals surface area (Å²) in [5.41, 5.74) is 8.02. The van der Waals surface area contributed by atoms with Gasteiger partial charge in [0.15, 0.2) is 0 Å². The Bertz CT molecular complexity index is 1010. The molecule has 1 fully saturated rings. The molecular formula is C19H21N3O5. The Balaban J connectivity index is 1.86. The van der Waals surface area contributed by atoms with E-state index in [2.05, 4.69) is 5.10 Å². The van der Waals surface area contributed by atoms with E-state index >= 15 is 0 Å². The standard InChI is InChI=1S/C19H21N3O5/c1-10-16(19(20)24)18-15(27-10)4-3-14(17(18)12-8-25-9-13(12)23)26-7-11-5-6-21-22(11)2/h3-6,12-13,23H,7-9H2,1-2H3,(H2,20,24)/t12-,13+/m1/s1. The Hall–Kier alpha value is -2.84. The van der Waals surface area contributed by atoms with E-state index in [0.29, 0.717) is 46.8 Å². The zero-order valence-electron chi connectivity index (χ0n) is 15.1. The van der Waals surface area contributed by atoms with Gasteiger partial charge in [0.1, 0.15) is 23.7 Å². The minimum atomic E-state index is -0.703. The molecule has 4 rings (SSSR count). The third-order valence-corrected chi connectivity index (χ3v) is 5.00. The topological polar surface area (TPSA) is 113 Å². The van der Waals surface area contributed by atoms with E-state index < -0.39 is 12.0 Å². The second kappa shape index (κ2) is 6.71. The third kappa shape index (κ3) is 2.96. The number of aryl methyl sites for hydroxylation is 2. The summed E-state index contributed by atoms with van der Waals surface area (Å²) in [5.74, 6) is 0.0764. The summed E-state index contributed by atoms with van der Waals surface area (Å²) in [6, 6.07) is 5.40. The van der Waals surface area contributed by atoms with Crippen molar-refractivity contribution in [1.82, 2.24) is 9.78 Å². The average Bonchev–Trinajstić information content (AvgIpc) is 3.30. The maximum atomic E-state index is 12.1. The average molecular weight is 371 g/mol. The monoisotopic (exact) mass is 371 g/mol. The number of amides is 1. The van der Waals surface area contributed by atoms with Crippen LogP contribution in [0.2, 0.25) is 0 Å². The Morgan fingerprint density at radius 3 is 2.85 bits per heavy atom. The fraction of sp³-hybridized carbons (Fsp3) is 0.368. The fourth-order valence-corrected chi connectivity index (χ4v) is 3.62. The molecule has 3 N–H and O–H groups in total. The number of hydrogen-bond donors (Lipinski definition) is 2. The van der Waals surface area contributed by atoms with E-state index in [4.69, 9.17) is 19.6 Å². The van der Waals surface area contributed by atoms with E-state index in [9.17, 15) is 9.90 Å². The molecule has 0 radical (unpaired) electrons. The summed E-state index contributed by atoms with van der Waals surface area (Å²) < 4.78 is 18.9. The van der Waals surface area contributed by atoms with Crippen molar-refractivity contribution in [2.75, 3.05) is 13.2 Å². The zero-order valence-corrected chi connectivity index (χ0v) is 15.1. The summed E-state index contributed by atoms with van der Waals surface area (Å²) in [4.78, 5) is 12.1. The highest BCUT2D eigenvalue weighted by Crippen LogP contribution is 2.41. The van der Waals surface area contributed by atoms with Crippen LogP contribution >= 0.6 is 0 Å². The van der Waals surface area contributed by atoms with Crippen LogP contribution in [0.25, 0.3) is 11.0 Å². The van der Waals surface area contributed by atoms with Crippen LogP contribution in [0, 0.1) is 6.92 Å². The van der Waals surface area contributed by atoms with E-state index in [0.717, 1.165) is 5.69 Å². The summed E-state index contributed by atoms with van der Waals surface area (Å²) in [7, 11) is 1.84. The lowest BCUT2D eigenvalue weighted by Crippen LogP contribution is -2.19. The van der Waals surface area contributed by atoms with Crippen LogP contribution in [0.4, 0.5) is 0 Å². The Kier molecular flexibility index (Phi) is 4.37. The minimum absolute atomic E-state index is 0.227. The van der Waals surface area contributed by atoms with Crippen LogP contribution in [-0.2, 0) is 18.4 Å². The van der Waals surface area contributed by atoms with Crippen molar-refractivity contribution < 1.29 is 23.8 Å². The number of nitrogens with zero attached hydrogens (tertiary/aromatic N) is 2. The molecule has 2 atom stereocenters. The van der Waals surface area contributed by atoms with Gasteiger partial charge in [-0.3, -0.25) is 9.48 Å². The number of furan rings is 1. The molecule has 0 unspecified atom stereocenters. The predicted octanol–water partition coefficient (Wildman–Crippen LogP) is 1.63. The molecule has 0 bridgehead atoms. The fourth-order valence-electron chi connectivity index (χ4n) is 3.62. The number of carbonyl (C=O) groups excluding carboxylic acids is 1. The first-order chi connectivity index (χ1) is 13.0. The molecule has 3 aromatic rings. The van der Waals surface area contributed by atoms with Gasteiger partial charge in [0.25, 0.3) is 5.91 Å². The predicted molar refractivity (Wildman–Crippen MR) is 96.6 cm³/mol. The Morgan fingerprint density at radius 1 is 1.41 bits per heavy atom. The minimum Gasteiger partial charge on any atom is -0.487 e. The second-order valence-electron chi connectivity index (χ2n) is 6.69. The number of carbonyl (C=O) groups is 1. The first kappa shape index (κ1) is 17.6. The molecule has 8 heteroatoms. The number of nitrogens with two attached hydrogens (primary N) is 1.